The number of nitrogens with two attached hydrogens (primary N) is 1. The molecular formula is C12H8F2N2O2. The normalized spacial score (nSPS) is 10.3. The number of aromatic nitrogens is 1. The van der Waals surface area contributed by atoms with Crippen molar-refractivity contribution in [2.45, 2.75) is 0 Å². The van der Waals surface area contributed by atoms with Crippen molar-refractivity contribution in [1.82, 2.24) is 4.98 Å². The lowest BCUT2D eigenvalue weighted by atomic mass is 10.0. The number of halogens is 2. The van der Waals surface area contributed by atoms with E-state index in [9.17, 15) is 13.6 Å². The maximum Gasteiger partial charge on any atom is 0.355 e. The highest BCUT2D eigenvalue weighted by Crippen LogP contribution is 2.26. The minimum atomic E-state index is -1.33. The standard InChI is InChI=1S/C12H8F2N2O2/c13-6-1-2-7(9(14)5-6)8-3-4-10(15)16-11(8)12(17)18/h1-5H,(H2,15,16)(H,17,18). The molecule has 0 fully saturated rings. The number of aromatic carboxylic acids is 1. The Kier molecular flexibility index (Phi) is 2.93. The third-order valence-electron chi connectivity index (χ3n) is 2.34. The van der Waals surface area contributed by atoms with Gasteiger partial charge < -0.3 is 10.8 Å². The maximum absolute atomic E-state index is 13.6. The second-order valence-corrected chi connectivity index (χ2v) is 3.56. The first kappa shape index (κ1) is 12.0. The third-order valence-corrected chi connectivity index (χ3v) is 2.34. The third kappa shape index (κ3) is 2.13. The van der Waals surface area contributed by atoms with Crippen LogP contribution in [0, 0.1) is 11.6 Å². The summed E-state index contributed by atoms with van der Waals surface area (Å²) in [6, 6.07) is 5.56. The lowest BCUT2D eigenvalue weighted by molar-refractivity contribution is 0.0691. The van der Waals surface area contributed by atoms with E-state index in [0.717, 1.165) is 12.1 Å². The number of carbonyl (C=O) groups is 1. The topological polar surface area (TPSA) is 76.2 Å². The molecule has 0 spiro atoms. The monoisotopic (exact) mass is 250 g/mol. The van der Waals surface area contributed by atoms with Gasteiger partial charge in [-0.05, 0) is 24.3 Å². The van der Waals surface area contributed by atoms with Gasteiger partial charge in [-0.15, -0.1) is 0 Å². The first-order valence-electron chi connectivity index (χ1n) is 4.94. The van der Waals surface area contributed by atoms with Crippen molar-refractivity contribution >= 4 is 11.8 Å². The van der Waals surface area contributed by atoms with E-state index in [2.05, 4.69) is 4.98 Å². The minimum absolute atomic E-state index is 0.0127. The minimum Gasteiger partial charge on any atom is -0.476 e. The fourth-order valence-corrected chi connectivity index (χ4v) is 1.56. The second kappa shape index (κ2) is 4.40. The van der Waals surface area contributed by atoms with E-state index in [-0.39, 0.29) is 22.6 Å². The van der Waals surface area contributed by atoms with Crippen LogP contribution in [-0.4, -0.2) is 16.1 Å². The van der Waals surface area contributed by atoms with E-state index in [1.165, 1.54) is 12.1 Å². The quantitative estimate of drug-likeness (QED) is 0.857. The summed E-state index contributed by atoms with van der Waals surface area (Å²) >= 11 is 0. The van der Waals surface area contributed by atoms with Gasteiger partial charge in [-0.25, -0.2) is 18.6 Å². The van der Waals surface area contributed by atoms with Gasteiger partial charge in [0.15, 0.2) is 5.69 Å². The summed E-state index contributed by atoms with van der Waals surface area (Å²) in [5.41, 5.74) is 5.01. The molecule has 2 aromatic rings. The molecule has 0 unspecified atom stereocenters. The molecule has 0 aliphatic rings. The van der Waals surface area contributed by atoms with Gasteiger partial charge in [0.1, 0.15) is 17.5 Å². The summed E-state index contributed by atoms with van der Waals surface area (Å²) in [4.78, 5) is 14.6. The molecule has 2 rings (SSSR count). The number of carboxylic acids is 1. The highest BCUT2D eigenvalue weighted by Gasteiger charge is 2.17. The van der Waals surface area contributed by atoms with Crippen LogP contribution >= 0.6 is 0 Å². The number of nitrogen functional groups attached to an aromatic ring is 1. The number of anilines is 1. The number of nitrogens with zero attached hydrogens (tertiary/aromatic N) is 1. The zero-order valence-electron chi connectivity index (χ0n) is 9.02. The van der Waals surface area contributed by atoms with E-state index in [0.29, 0.717) is 6.07 Å². The zero-order valence-corrected chi connectivity index (χ0v) is 9.02. The maximum atomic E-state index is 13.6. The van der Waals surface area contributed by atoms with Crippen LogP contribution in [0.4, 0.5) is 14.6 Å². The van der Waals surface area contributed by atoms with Gasteiger partial charge in [-0.3, -0.25) is 0 Å². The van der Waals surface area contributed by atoms with Crippen molar-refractivity contribution in [1.29, 1.82) is 0 Å². The average Bonchev–Trinajstić information content (AvgIpc) is 2.29. The predicted octanol–water partition coefficient (Wildman–Crippen LogP) is 2.31. The number of hydrogen-bond donors (Lipinski definition) is 2. The summed E-state index contributed by atoms with van der Waals surface area (Å²) in [6.45, 7) is 0. The van der Waals surface area contributed by atoms with Crippen molar-refractivity contribution in [3.05, 3.63) is 47.7 Å². The molecule has 0 aliphatic heterocycles. The van der Waals surface area contributed by atoms with Crippen molar-refractivity contribution in [2.75, 3.05) is 5.73 Å². The summed E-state index contributed by atoms with van der Waals surface area (Å²) in [5.74, 6) is -2.92. The summed E-state index contributed by atoms with van der Waals surface area (Å²) in [6.07, 6.45) is 0. The molecule has 0 bridgehead atoms. The molecule has 0 amide bonds. The van der Waals surface area contributed by atoms with Crippen LogP contribution in [0.1, 0.15) is 10.5 Å². The highest BCUT2D eigenvalue weighted by molar-refractivity contribution is 5.94. The summed E-state index contributed by atoms with van der Waals surface area (Å²) in [7, 11) is 0. The van der Waals surface area contributed by atoms with Crippen LogP contribution in [-0.2, 0) is 0 Å². The molecular weight excluding hydrogens is 242 g/mol. The molecule has 4 nitrogen and oxygen atoms in total. The first-order valence-corrected chi connectivity index (χ1v) is 4.94. The number of carboxylic acid groups (broad SMARTS) is 1. The van der Waals surface area contributed by atoms with Crippen LogP contribution in [0.2, 0.25) is 0 Å². The Morgan fingerprint density at radius 2 is 1.83 bits per heavy atom. The Bertz CT molecular complexity index is 629. The van der Waals surface area contributed by atoms with Gasteiger partial charge in [0, 0.05) is 17.2 Å². The molecule has 0 radical (unpaired) electrons. The fourth-order valence-electron chi connectivity index (χ4n) is 1.56. The Morgan fingerprint density at radius 3 is 2.44 bits per heavy atom. The van der Waals surface area contributed by atoms with E-state index in [4.69, 9.17) is 10.8 Å². The Balaban J connectivity index is 2.67. The molecule has 6 heteroatoms. The van der Waals surface area contributed by atoms with E-state index in [1.54, 1.807) is 0 Å². The lowest BCUT2D eigenvalue weighted by Gasteiger charge is -2.07. The van der Waals surface area contributed by atoms with E-state index in [1.807, 2.05) is 0 Å². The average molecular weight is 250 g/mol. The molecule has 3 N–H and O–H groups in total. The lowest BCUT2D eigenvalue weighted by Crippen LogP contribution is -2.06. The van der Waals surface area contributed by atoms with Crippen LogP contribution in [0.15, 0.2) is 30.3 Å². The Morgan fingerprint density at radius 1 is 1.17 bits per heavy atom. The van der Waals surface area contributed by atoms with Crippen molar-refractivity contribution in [2.24, 2.45) is 0 Å². The van der Waals surface area contributed by atoms with Crippen LogP contribution < -0.4 is 5.73 Å². The molecule has 0 saturated carbocycles. The van der Waals surface area contributed by atoms with E-state index < -0.39 is 17.6 Å². The summed E-state index contributed by atoms with van der Waals surface area (Å²) < 4.78 is 26.4. The van der Waals surface area contributed by atoms with Gasteiger partial charge in [-0.2, -0.15) is 0 Å². The van der Waals surface area contributed by atoms with Crippen molar-refractivity contribution < 1.29 is 18.7 Å². The highest BCUT2D eigenvalue weighted by atomic mass is 19.1. The van der Waals surface area contributed by atoms with Crippen molar-refractivity contribution in [3.63, 3.8) is 0 Å². The molecule has 0 aliphatic carbocycles. The first-order chi connectivity index (χ1) is 8.49. The van der Waals surface area contributed by atoms with Gasteiger partial charge >= 0.3 is 5.97 Å². The molecule has 1 heterocycles. The van der Waals surface area contributed by atoms with Crippen LogP contribution in [0.5, 0.6) is 0 Å². The van der Waals surface area contributed by atoms with Gasteiger partial charge in [0.2, 0.25) is 0 Å². The Labute approximate surface area is 101 Å². The smallest absolute Gasteiger partial charge is 0.355 e. The number of pyridine rings is 1. The molecule has 92 valence electrons. The molecule has 18 heavy (non-hydrogen) atoms. The van der Waals surface area contributed by atoms with Crippen LogP contribution in [0.3, 0.4) is 0 Å². The fraction of sp³-hybridized carbons (Fsp3) is 0. The predicted molar refractivity (Wildman–Crippen MR) is 61.0 cm³/mol. The number of hydrogen-bond acceptors (Lipinski definition) is 3. The zero-order chi connectivity index (χ0) is 13.3. The van der Waals surface area contributed by atoms with Crippen LogP contribution in [0.25, 0.3) is 11.1 Å². The second-order valence-electron chi connectivity index (χ2n) is 3.56. The largest absolute Gasteiger partial charge is 0.476 e. The van der Waals surface area contributed by atoms with E-state index >= 15 is 0 Å². The van der Waals surface area contributed by atoms with Gasteiger partial charge in [-0.1, -0.05) is 0 Å². The molecule has 0 atom stereocenters. The molecule has 1 aromatic heterocycles. The van der Waals surface area contributed by atoms with Gasteiger partial charge in [0.05, 0.1) is 0 Å². The molecule has 1 aromatic carbocycles. The Hall–Kier alpha value is -2.50. The number of rotatable bonds is 2. The number of benzene rings is 1. The SMILES string of the molecule is Nc1ccc(-c2ccc(F)cc2F)c(C(=O)O)n1. The summed E-state index contributed by atoms with van der Waals surface area (Å²) in [5, 5.41) is 8.98. The molecule has 0 saturated heterocycles. The van der Waals surface area contributed by atoms with Crippen molar-refractivity contribution in [3.8, 4) is 11.1 Å². The van der Waals surface area contributed by atoms with Gasteiger partial charge in [0.25, 0.3) is 0 Å².